The van der Waals surface area contributed by atoms with Crippen LogP contribution in [0.15, 0.2) is 33.3 Å². The number of carbonyl (C=O) groups is 2. The number of anilines is 2. The van der Waals surface area contributed by atoms with Crippen molar-refractivity contribution in [2.75, 3.05) is 24.2 Å². The number of halogens is 1. The van der Waals surface area contributed by atoms with E-state index >= 15 is 0 Å². The van der Waals surface area contributed by atoms with Crippen LogP contribution in [0.1, 0.15) is 18.2 Å². The Hall–Kier alpha value is -2.19. The number of carbonyl (C=O) groups excluding carboxylic acids is 2. The summed E-state index contributed by atoms with van der Waals surface area (Å²) in [6.45, 7) is 5.49. The molecule has 0 fully saturated rings. The lowest BCUT2D eigenvalue weighted by molar-refractivity contribution is -0.122. The lowest BCUT2D eigenvalue weighted by Crippen LogP contribution is -2.43. The monoisotopic (exact) mass is 408 g/mol. The van der Waals surface area contributed by atoms with Gasteiger partial charge in [-0.2, -0.15) is 0 Å². The Labute approximate surface area is 154 Å². The molecular formula is C17H21BrN4O3. The van der Waals surface area contributed by atoms with E-state index in [9.17, 15) is 9.59 Å². The number of hydrogen-bond donors (Lipinski definition) is 2. The average Bonchev–Trinajstić information content (AvgIpc) is 2.94. The first-order valence-corrected chi connectivity index (χ1v) is 8.56. The van der Waals surface area contributed by atoms with E-state index in [1.807, 2.05) is 25.1 Å². The standard InChI is InChI=1S/C17H21BrN4O3/c1-10-7-13(18)5-6-14(10)19-15(23)9-22(4)12(3)17(24)20-16-8-11(2)21-25-16/h5-8,12H,9H2,1-4H3,(H,19,23)(H,20,24). The molecule has 0 spiro atoms. The van der Waals surface area contributed by atoms with Crippen molar-refractivity contribution in [2.45, 2.75) is 26.8 Å². The Balaban J connectivity index is 1.89. The normalized spacial score (nSPS) is 12.1. The van der Waals surface area contributed by atoms with Crippen LogP contribution in [0.5, 0.6) is 0 Å². The Bertz CT molecular complexity index is 775. The summed E-state index contributed by atoms with van der Waals surface area (Å²) in [6, 6.07) is 6.74. The first kappa shape index (κ1) is 19.1. The molecule has 7 nitrogen and oxygen atoms in total. The molecule has 0 radical (unpaired) electrons. The summed E-state index contributed by atoms with van der Waals surface area (Å²) in [6.07, 6.45) is 0. The fourth-order valence-corrected chi connectivity index (χ4v) is 2.64. The highest BCUT2D eigenvalue weighted by atomic mass is 79.9. The third kappa shape index (κ3) is 5.40. The molecule has 1 aromatic heterocycles. The third-order valence-electron chi connectivity index (χ3n) is 3.77. The molecule has 0 saturated heterocycles. The zero-order valence-electron chi connectivity index (χ0n) is 14.6. The van der Waals surface area contributed by atoms with E-state index < -0.39 is 6.04 Å². The van der Waals surface area contributed by atoms with Gasteiger partial charge in [0.25, 0.3) is 0 Å². The maximum absolute atomic E-state index is 12.2. The molecule has 134 valence electrons. The van der Waals surface area contributed by atoms with Gasteiger partial charge in [-0.05, 0) is 51.6 Å². The van der Waals surface area contributed by atoms with E-state index in [0.717, 1.165) is 15.7 Å². The van der Waals surface area contributed by atoms with Crippen LogP contribution in [-0.4, -0.2) is 41.5 Å². The van der Waals surface area contributed by atoms with Crippen LogP contribution in [0.3, 0.4) is 0 Å². The zero-order chi connectivity index (χ0) is 18.6. The van der Waals surface area contributed by atoms with Gasteiger partial charge in [0.1, 0.15) is 0 Å². The van der Waals surface area contributed by atoms with Crippen LogP contribution in [0.2, 0.25) is 0 Å². The van der Waals surface area contributed by atoms with Crippen molar-refractivity contribution in [3.05, 3.63) is 40.0 Å². The largest absolute Gasteiger partial charge is 0.338 e. The quantitative estimate of drug-likeness (QED) is 0.766. The summed E-state index contributed by atoms with van der Waals surface area (Å²) < 4.78 is 5.92. The Morgan fingerprint density at radius 2 is 2.00 bits per heavy atom. The van der Waals surface area contributed by atoms with E-state index in [0.29, 0.717) is 5.69 Å². The summed E-state index contributed by atoms with van der Waals surface area (Å²) >= 11 is 3.39. The summed E-state index contributed by atoms with van der Waals surface area (Å²) in [5, 5.41) is 9.20. The van der Waals surface area contributed by atoms with Gasteiger partial charge < -0.3 is 9.84 Å². The van der Waals surface area contributed by atoms with Crippen LogP contribution in [0.25, 0.3) is 0 Å². The van der Waals surface area contributed by atoms with Gasteiger partial charge in [-0.3, -0.25) is 19.8 Å². The first-order chi connectivity index (χ1) is 11.8. The van der Waals surface area contributed by atoms with Crippen molar-refractivity contribution < 1.29 is 14.1 Å². The second-order valence-electron chi connectivity index (χ2n) is 5.92. The number of benzene rings is 1. The summed E-state index contributed by atoms with van der Waals surface area (Å²) in [7, 11) is 1.71. The second-order valence-corrected chi connectivity index (χ2v) is 6.84. The van der Waals surface area contributed by atoms with E-state index in [2.05, 4.69) is 31.7 Å². The summed E-state index contributed by atoms with van der Waals surface area (Å²) in [5.41, 5.74) is 2.38. The van der Waals surface area contributed by atoms with Gasteiger partial charge in [0, 0.05) is 16.2 Å². The van der Waals surface area contributed by atoms with Crippen molar-refractivity contribution in [2.24, 2.45) is 0 Å². The number of amides is 2. The zero-order valence-corrected chi connectivity index (χ0v) is 16.2. The highest BCUT2D eigenvalue weighted by Crippen LogP contribution is 2.20. The molecule has 0 saturated carbocycles. The van der Waals surface area contributed by atoms with Gasteiger partial charge in [0.2, 0.25) is 17.7 Å². The number of nitrogens with zero attached hydrogens (tertiary/aromatic N) is 2. The van der Waals surface area contributed by atoms with Crippen molar-refractivity contribution in [3.8, 4) is 0 Å². The third-order valence-corrected chi connectivity index (χ3v) is 4.26. The van der Waals surface area contributed by atoms with E-state index in [-0.39, 0.29) is 24.2 Å². The van der Waals surface area contributed by atoms with Crippen molar-refractivity contribution in [1.82, 2.24) is 10.1 Å². The van der Waals surface area contributed by atoms with Gasteiger partial charge in [-0.1, -0.05) is 21.1 Å². The van der Waals surface area contributed by atoms with Gasteiger partial charge >= 0.3 is 0 Å². The summed E-state index contributed by atoms with van der Waals surface area (Å²) in [5.74, 6) is -0.174. The molecule has 2 aromatic rings. The molecule has 1 heterocycles. The minimum absolute atomic E-state index is 0.0829. The maximum atomic E-state index is 12.2. The lowest BCUT2D eigenvalue weighted by Gasteiger charge is -2.22. The highest BCUT2D eigenvalue weighted by Gasteiger charge is 2.21. The molecule has 2 N–H and O–H groups in total. The average molecular weight is 409 g/mol. The predicted molar refractivity (Wildman–Crippen MR) is 99.5 cm³/mol. The first-order valence-electron chi connectivity index (χ1n) is 7.76. The van der Waals surface area contributed by atoms with Crippen LogP contribution < -0.4 is 10.6 Å². The van der Waals surface area contributed by atoms with Crippen LogP contribution in [-0.2, 0) is 9.59 Å². The van der Waals surface area contributed by atoms with E-state index in [1.165, 1.54) is 0 Å². The smallest absolute Gasteiger partial charge is 0.243 e. The molecule has 0 bridgehead atoms. The minimum atomic E-state index is -0.512. The van der Waals surface area contributed by atoms with Gasteiger partial charge in [-0.15, -0.1) is 0 Å². The number of likely N-dealkylation sites (N-methyl/N-ethyl adjacent to an activating group) is 1. The van der Waals surface area contributed by atoms with E-state index in [4.69, 9.17) is 4.52 Å². The van der Waals surface area contributed by atoms with Gasteiger partial charge in [0.15, 0.2) is 0 Å². The van der Waals surface area contributed by atoms with Crippen LogP contribution in [0.4, 0.5) is 11.6 Å². The van der Waals surface area contributed by atoms with Crippen LogP contribution >= 0.6 is 15.9 Å². The lowest BCUT2D eigenvalue weighted by atomic mass is 10.2. The van der Waals surface area contributed by atoms with E-state index in [1.54, 1.807) is 31.9 Å². The topological polar surface area (TPSA) is 87.5 Å². The molecule has 0 aliphatic rings. The number of aromatic nitrogens is 1. The van der Waals surface area contributed by atoms with Crippen molar-refractivity contribution in [3.63, 3.8) is 0 Å². The molecule has 8 heteroatoms. The number of rotatable bonds is 6. The minimum Gasteiger partial charge on any atom is -0.338 e. The Morgan fingerprint density at radius 1 is 1.28 bits per heavy atom. The fraction of sp³-hybridized carbons (Fsp3) is 0.353. The molecule has 1 aromatic carbocycles. The molecule has 0 aliphatic heterocycles. The molecular weight excluding hydrogens is 388 g/mol. The molecule has 25 heavy (non-hydrogen) atoms. The van der Waals surface area contributed by atoms with Crippen molar-refractivity contribution in [1.29, 1.82) is 0 Å². The molecule has 1 unspecified atom stereocenters. The molecule has 2 rings (SSSR count). The fourth-order valence-electron chi connectivity index (χ4n) is 2.17. The van der Waals surface area contributed by atoms with Gasteiger partial charge in [0.05, 0.1) is 18.3 Å². The molecule has 2 amide bonds. The molecule has 1 atom stereocenters. The second kappa shape index (κ2) is 8.26. The predicted octanol–water partition coefficient (Wildman–Crippen LogP) is 2.95. The Morgan fingerprint density at radius 3 is 2.60 bits per heavy atom. The summed E-state index contributed by atoms with van der Waals surface area (Å²) in [4.78, 5) is 26.1. The van der Waals surface area contributed by atoms with Crippen molar-refractivity contribution >= 4 is 39.3 Å². The maximum Gasteiger partial charge on any atom is 0.243 e. The number of hydrogen-bond acceptors (Lipinski definition) is 5. The number of aryl methyl sites for hydroxylation is 2. The van der Waals surface area contributed by atoms with Gasteiger partial charge in [-0.25, -0.2) is 0 Å². The SMILES string of the molecule is Cc1cc(NC(=O)C(C)N(C)CC(=O)Nc2ccc(Br)cc2C)on1. The Kier molecular flexibility index (Phi) is 6.33. The highest BCUT2D eigenvalue weighted by molar-refractivity contribution is 9.10. The van der Waals surface area contributed by atoms with Crippen LogP contribution in [0, 0.1) is 13.8 Å². The number of nitrogens with one attached hydrogen (secondary N) is 2. The molecule has 0 aliphatic carbocycles.